The van der Waals surface area contributed by atoms with E-state index in [9.17, 15) is 4.79 Å². The maximum Gasteiger partial charge on any atom is 0.238 e. The summed E-state index contributed by atoms with van der Waals surface area (Å²) in [5, 5.41) is 3.58. The molecule has 1 amide bonds. The Morgan fingerprint density at radius 2 is 2.05 bits per heavy atom. The molecule has 112 valence electrons. The van der Waals surface area contributed by atoms with Crippen molar-refractivity contribution in [2.75, 3.05) is 11.9 Å². The molecule has 3 nitrogen and oxygen atoms in total. The Morgan fingerprint density at radius 1 is 1.35 bits per heavy atom. The van der Waals surface area contributed by atoms with Crippen molar-refractivity contribution >= 4 is 35.8 Å². The van der Waals surface area contributed by atoms with Gasteiger partial charge in [0.15, 0.2) is 0 Å². The molecule has 3 N–H and O–H groups in total. The van der Waals surface area contributed by atoms with Crippen LogP contribution < -0.4 is 11.1 Å². The van der Waals surface area contributed by atoms with E-state index < -0.39 is 0 Å². The highest BCUT2D eigenvalue weighted by Gasteiger charge is 2.15. The summed E-state index contributed by atoms with van der Waals surface area (Å²) >= 11 is 1.97. The lowest BCUT2D eigenvalue weighted by atomic mass is 10.0. The molecule has 20 heavy (non-hydrogen) atoms. The summed E-state index contributed by atoms with van der Waals surface area (Å²) in [5.41, 5.74) is 7.27. The molecule has 0 saturated heterocycles. The van der Waals surface area contributed by atoms with Crippen molar-refractivity contribution in [3.63, 3.8) is 0 Å². The summed E-state index contributed by atoms with van der Waals surface area (Å²) in [5.74, 6) is -0.143. The molecule has 1 fully saturated rings. The molecule has 0 aromatic heterocycles. The standard InChI is InChI=1S/C15H22N2OS.ClH/c1-11-9-13(19-12-5-3-2-4-6-12)7-8-14(11)17-15(18)10-16;/h7-9,12H,2-6,10,16H2,1H3,(H,17,18);1H. The van der Waals surface area contributed by atoms with E-state index in [-0.39, 0.29) is 24.9 Å². The summed E-state index contributed by atoms with van der Waals surface area (Å²) in [6.07, 6.45) is 6.77. The van der Waals surface area contributed by atoms with Gasteiger partial charge in [0.25, 0.3) is 0 Å². The Balaban J connectivity index is 0.00000200. The first kappa shape index (κ1) is 17.3. The van der Waals surface area contributed by atoms with Crippen LogP contribution in [0.15, 0.2) is 23.1 Å². The summed E-state index contributed by atoms with van der Waals surface area (Å²) in [6, 6.07) is 6.23. The first-order valence-electron chi connectivity index (χ1n) is 6.96. The van der Waals surface area contributed by atoms with Crippen molar-refractivity contribution in [3.8, 4) is 0 Å². The molecular formula is C15H23ClN2OS. The average molecular weight is 315 g/mol. The Bertz CT molecular complexity index is 447. The van der Waals surface area contributed by atoms with E-state index in [0.717, 1.165) is 16.5 Å². The minimum absolute atomic E-state index is 0. The Labute approximate surface area is 131 Å². The number of amides is 1. The Hall–Kier alpha value is -0.710. The summed E-state index contributed by atoms with van der Waals surface area (Å²) in [4.78, 5) is 12.6. The number of thioether (sulfide) groups is 1. The number of halogens is 1. The van der Waals surface area contributed by atoms with Gasteiger partial charge in [-0.15, -0.1) is 24.2 Å². The zero-order chi connectivity index (χ0) is 13.7. The van der Waals surface area contributed by atoms with Crippen LogP contribution in [0, 0.1) is 6.92 Å². The number of aryl methyl sites for hydroxylation is 1. The number of benzene rings is 1. The van der Waals surface area contributed by atoms with Gasteiger partial charge in [0.05, 0.1) is 6.54 Å². The normalized spacial score (nSPS) is 15.5. The van der Waals surface area contributed by atoms with Crippen LogP contribution in [-0.4, -0.2) is 17.7 Å². The highest BCUT2D eigenvalue weighted by Crippen LogP contribution is 2.34. The number of anilines is 1. The molecule has 1 aromatic rings. The van der Waals surface area contributed by atoms with Gasteiger partial charge in [-0.25, -0.2) is 0 Å². The fourth-order valence-corrected chi connectivity index (χ4v) is 3.77. The molecule has 1 aliphatic rings. The van der Waals surface area contributed by atoms with Crippen molar-refractivity contribution in [2.45, 2.75) is 49.2 Å². The molecule has 0 spiro atoms. The van der Waals surface area contributed by atoms with Gasteiger partial charge in [-0.05, 0) is 43.5 Å². The van der Waals surface area contributed by atoms with Gasteiger partial charge in [0.2, 0.25) is 5.91 Å². The zero-order valence-electron chi connectivity index (χ0n) is 11.9. The molecule has 0 radical (unpaired) electrons. The number of carbonyl (C=O) groups is 1. The number of nitrogens with two attached hydrogens (primary N) is 1. The smallest absolute Gasteiger partial charge is 0.238 e. The predicted octanol–water partition coefficient (Wildman–Crippen LogP) is 3.74. The van der Waals surface area contributed by atoms with Crippen LogP contribution in [0.3, 0.4) is 0 Å². The SMILES string of the molecule is Cc1cc(SC2CCCCC2)ccc1NC(=O)CN.Cl. The van der Waals surface area contributed by atoms with Crippen LogP contribution in [0.25, 0.3) is 0 Å². The van der Waals surface area contributed by atoms with Crippen LogP contribution in [0.2, 0.25) is 0 Å². The van der Waals surface area contributed by atoms with Crippen LogP contribution in [0.1, 0.15) is 37.7 Å². The van der Waals surface area contributed by atoms with Gasteiger partial charge in [-0.1, -0.05) is 19.3 Å². The third-order valence-corrected chi connectivity index (χ3v) is 4.84. The van der Waals surface area contributed by atoms with Crippen molar-refractivity contribution < 1.29 is 4.79 Å². The third-order valence-electron chi connectivity index (χ3n) is 3.51. The molecule has 0 bridgehead atoms. The second-order valence-corrected chi connectivity index (χ2v) is 6.48. The lowest BCUT2D eigenvalue weighted by Gasteiger charge is -2.21. The maximum absolute atomic E-state index is 11.3. The first-order valence-corrected chi connectivity index (χ1v) is 7.84. The topological polar surface area (TPSA) is 55.1 Å². The maximum atomic E-state index is 11.3. The van der Waals surface area contributed by atoms with E-state index in [4.69, 9.17) is 5.73 Å². The second-order valence-electron chi connectivity index (χ2n) is 5.11. The molecule has 0 atom stereocenters. The Morgan fingerprint density at radius 3 is 2.65 bits per heavy atom. The molecular weight excluding hydrogens is 292 g/mol. The number of rotatable bonds is 4. The van der Waals surface area contributed by atoms with Gasteiger partial charge < -0.3 is 11.1 Å². The number of hydrogen-bond donors (Lipinski definition) is 2. The van der Waals surface area contributed by atoms with Gasteiger partial charge in [0.1, 0.15) is 0 Å². The van der Waals surface area contributed by atoms with Gasteiger partial charge in [0, 0.05) is 15.8 Å². The van der Waals surface area contributed by atoms with Crippen LogP contribution >= 0.6 is 24.2 Å². The predicted molar refractivity (Wildman–Crippen MR) is 88.8 cm³/mol. The van der Waals surface area contributed by atoms with Crippen molar-refractivity contribution in [3.05, 3.63) is 23.8 Å². The number of hydrogen-bond acceptors (Lipinski definition) is 3. The van der Waals surface area contributed by atoms with Crippen molar-refractivity contribution in [1.82, 2.24) is 0 Å². The van der Waals surface area contributed by atoms with Crippen molar-refractivity contribution in [1.29, 1.82) is 0 Å². The fourth-order valence-electron chi connectivity index (χ4n) is 2.43. The van der Waals surface area contributed by atoms with E-state index >= 15 is 0 Å². The minimum Gasteiger partial charge on any atom is -0.325 e. The average Bonchev–Trinajstić information content (AvgIpc) is 2.43. The molecule has 2 rings (SSSR count). The summed E-state index contributed by atoms with van der Waals surface area (Å²) in [6.45, 7) is 2.05. The van der Waals surface area contributed by atoms with Gasteiger partial charge in [-0.3, -0.25) is 4.79 Å². The molecule has 0 unspecified atom stereocenters. The van der Waals surface area contributed by atoms with Gasteiger partial charge in [-0.2, -0.15) is 0 Å². The van der Waals surface area contributed by atoms with Crippen LogP contribution in [0.4, 0.5) is 5.69 Å². The molecule has 1 saturated carbocycles. The molecule has 1 aliphatic carbocycles. The zero-order valence-corrected chi connectivity index (χ0v) is 13.5. The van der Waals surface area contributed by atoms with E-state index in [2.05, 4.69) is 17.4 Å². The molecule has 5 heteroatoms. The monoisotopic (exact) mass is 314 g/mol. The lowest BCUT2D eigenvalue weighted by Crippen LogP contribution is -2.22. The van der Waals surface area contributed by atoms with Crippen LogP contribution in [0.5, 0.6) is 0 Å². The molecule has 0 heterocycles. The summed E-state index contributed by atoms with van der Waals surface area (Å²) < 4.78 is 0. The number of nitrogens with one attached hydrogen (secondary N) is 1. The quantitative estimate of drug-likeness (QED) is 0.890. The van der Waals surface area contributed by atoms with Crippen molar-refractivity contribution in [2.24, 2.45) is 5.73 Å². The van der Waals surface area contributed by atoms with E-state index in [0.29, 0.717) is 0 Å². The minimum atomic E-state index is -0.143. The lowest BCUT2D eigenvalue weighted by molar-refractivity contribution is -0.114. The largest absolute Gasteiger partial charge is 0.325 e. The second kappa shape index (κ2) is 8.55. The first-order chi connectivity index (χ1) is 9.19. The van der Waals surface area contributed by atoms with E-state index in [1.165, 1.54) is 37.0 Å². The van der Waals surface area contributed by atoms with E-state index in [1.54, 1.807) is 0 Å². The number of carbonyl (C=O) groups excluding carboxylic acids is 1. The highest BCUT2D eigenvalue weighted by molar-refractivity contribution is 8.00. The highest BCUT2D eigenvalue weighted by atomic mass is 35.5. The molecule has 1 aromatic carbocycles. The van der Waals surface area contributed by atoms with E-state index in [1.807, 2.05) is 24.8 Å². The third kappa shape index (κ3) is 5.00. The van der Waals surface area contributed by atoms with Crippen LogP contribution in [-0.2, 0) is 4.79 Å². The molecule has 0 aliphatic heterocycles. The van der Waals surface area contributed by atoms with Gasteiger partial charge >= 0.3 is 0 Å². The Kier molecular flexibility index (Phi) is 7.41. The fraction of sp³-hybridized carbons (Fsp3) is 0.533. The summed E-state index contributed by atoms with van der Waals surface area (Å²) in [7, 11) is 0.